The molecule has 0 aliphatic carbocycles. The molecule has 5 heteroatoms. The van der Waals surface area contributed by atoms with Crippen LogP contribution in [-0.2, 0) is 6.54 Å². The van der Waals surface area contributed by atoms with Crippen molar-refractivity contribution >= 4 is 11.3 Å². The highest BCUT2D eigenvalue weighted by Gasteiger charge is 2.01. The van der Waals surface area contributed by atoms with Crippen molar-refractivity contribution in [2.75, 3.05) is 33.3 Å². The topological polar surface area (TPSA) is 37.4 Å². The van der Waals surface area contributed by atoms with Crippen molar-refractivity contribution in [1.29, 1.82) is 0 Å². The average Bonchev–Trinajstić information content (AvgIpc) is 2.77. The number of hydrogen-bond acceptors (Lipinski definition) is 5. The Bertz CT molecular complexity index is 287. The maximum Gasteiger partial charge on any atom is 0.273 e. The summed E-state index contributed by atoms with van der Waals surface area (Å²) >= 11 is 1.59. The molecule has 1 aromatic rings. The van der Waals surface area contributed by atoms with E-state index in [0.29, 0.717) is 0 Å². The lowest BCUT2D eigenvalue weighted by atomic mass is 10.4. The predicted octanol–water partition coefficient (Wildman–Crippen LogP) is 1.58. The average molecular weight is 243 g/mol. The van der Waals surface area contributed by atoms with Gasteiger partial charge in [0.05, 0.1) is 7.11 Å². The molecule has 1 heterocycles. The van der Waals surface area contributed by atoms with Crippen molar-refractivity contribution in [2.24, 2.45) is 0 Å². The van der Waals surface area contributed by atoms with Gasteiger partial charge in [0.1, 0.15) is 0 Å². The number of ether oxygens (including phenoxy) is 1. The largest absolute Gasteiger partial charge is 0.473 e. The lowest BCUT2D eigenvalue weighted by Gasteiger charge is -2.17. The van der Waals surface area contributed by atoms with Crippen molar-refractivity contribution in [3.05, 3.63) is 11.1 Å². The normalized spacial score (nSPS) is 11.0. The molecular formula is C11H21N3OS. The molecule has 4 nitrogen and oxygen atoms in total. The Hall–Kier alpha value is -0.650. The zero-order valence-corrected chi connectivity index (χ0v) is 11.1. The zero-order chi connectivity index (χ0) is 11.8. The first-order chi connectivity index (χ1) is 7.80. The summed E-state index contributed by atoms with van der Waals surface area (Å²) in [5.74, 6) is 0. The van der Waals surface area contributed by atoms with Crippen LogP contribution in [0.2, 0.25) is 0 Å². The van der Waals surface area contributed by atoms with Crippen molar-refractivity contribution in [2.45, 2.75) is 20.4 Å². The fraction of sp³-hybridized carbons (Fsp3) is 0.727. The number of nitrogens with one attached hydrogen (secondary N) is 1. The minimum atomic E-state index is 0.737. The molecule has 0 saturated carbocycles. The molecule has 0 aromatic carbocycles. The second kappa shape index (κ2) is 7.60. The van der Waals surface area contributed by atoms with Crippen molar-refractivity contribution in [1.82, 2.24) is 15.2 Å². The molecule has 1 N–H and O–H groups in total. The Morgan fingerprint density at radius 1 is 1.44 bits per heavy atom. The SMILES string of the molecule is CCN(CC)CCNCc1cnc(OC)s1. The van der Waals surface area contributed by atoms with Gasteiger partial charge in [-0.1, -0.05) is 25.2 Å². The van der Waals surface area contributed by atoms with Gasteiger partial charge >= 0.3 is 0 Å². The van der Waals surface area contributed by atoms with Gasteiger partial charge in [0, 0.05) is 30.7 Å². The molecule has 0 fully saturated rings. The van der Waals surface area contributed by atoms with Gasteiger partial charge in [-0.2, -0.15) is 0 Å². The van der Waals surface area contributed by atoms with Crippen LogP contribution in [0.3, 0.4) is 0 Å². The van der Waals surface area contributed by atoms with Crippen LogP contribution in [0.15, 0.2) is 6.20 Å². The number of nitrogens with zero attached hydrogens (tertiary/aromatic N) is 2. The first-order valence-corrected chi connectivity index (χ1v) is 6.53. The van der Waals surface area contributed by atoms with Gasteiger partial charge in [0.15, 0.2) is 0 Å². The smallest absolute Gasteiger partial charge is 0.273 e. The highest BCUT2D eigenvalue weighted by molar-refractivity contribution is 7.13. The van der Waals surface area contributed by atoms with Crippen molar-refractivity contribution in [3.8, 4) is 5.19 Å². The summed E-state index contributed by atoms with van der Waals surface area (Å²) < 4.78 is 5.05. The molecule has 0 radical (unpaired) electrons. The number of thiazole rings is 1. The second-order valence-electron chi connectivity index (χ2n) is 3.50. The number of hydrogen-bond donors (Lipinski definition) is 1. The van der Waals surface area contributed by atoms with Crippen LogP contribution in [0.4, 0.5) is 0 Å². The van der Waals surface area contributed by atoms with Crippen LogP contribution in [-0.4, -0.2) is 43.2 Å². The quantitative estimate of drug-likeness (QED) is 0.704. The highest BCUT2D eigenvalue weighted by Crippen LogP contribution is 2.19. The molecule has 1 rings (SSSR count). The summed E-state index contributed by atoms with van der Waals surface area (Å²) in [6.07, 6.45) is 1.87. The summed E-state index contributed by atoms with van der Waals surface area (Å²) in [4.78, 5) is 7.75. The number of aromatic nitrogens is 1. The van der Waals surface area contributed by atoms with Crippen LogP contribution < -0.4 is 10.1 Å². The number of rotatable bonds is 8. The van der Waals surface area contributed by atoms with Gasteiger partial charge in [-0.25, -0.2) is 4.98 Å². The Morgan fingerprint density at radius 3 is 2.75 bits per heavy atom. The summed E-state index contributed by atoms with van der Waals surface area (Å²) in [5.41, 5.74) is 0. The molecule has 0 saturated heterocycles. The molecule has 16 heavy (non-hydrogen) atoms. The molecule has 0 aliphatic rings. The van der Waals surface area contributed by atoms with Gasteiger partial charge in [-0.3, -0.25) is 0 Å². The monoisotopic (exact) mass is 243 g/mol. The molecule has 0 amide bonds. The highest BCUT2D eigenvalue weighted by atomic mass is 32.1. The van der Waals surface area contributed by atoms with Gasteiger partial charge in [0.2, 0.25) is 0 Å². The second-order valence-corrected chi connectivity index (χ2v) is 4.58. The summed E-state index contributed by atoms with van der Waals surface area (Å²) in [6, 6.07) is 0. The first-order valence-electron chi connectivity index (χ1n) is 5.71. The van der Waals surface area contributed by atoms with Crippen molar-refractivity contribution in [3.63, 3.8) is 0 Å². The lowest BCUT2D eigenvalue weighted by Crippen LogP contribution is -2.31. The van der Waals surface area contributed by atoms with E-state index >= 15 is 0 Å². The van der Waals surface area contributed by atoms with Crippen LogP contribution in [0.5, 0.6) is 5.19 Å². The van der Waals surface area contributed by atoms with E-state index in [4.69, 9.17) is 4.74 Å². The molecule has 0 bridgehead atoms. The van der Waals surface area contributed by atoms with Crippen molar-refractivity contribution < 1.29 is 4.74 Å². The van der Waals surface area contributed by atoms with E-state index < -0.39 is 0 Å². The maximum absolute atomic E-state index is 5.05. The van der Waals surface area contributed by atoms with E-state index in [1.807, 2.05) is 6.20 Å². The fourth-order valence-electron chi connectivity index (χ4n) is 1.45. The Balaban J connectivity index is 2.15. The lowest BCUT2D eigenvalue weighted by molar-refractivity contribution is 0.302. The van der Waals surface area contributed by atoms with Gasteiger partial charge in [-0.15, -0.1) is 0 Å². The minimum Gasteiger partial charge on any atom is -0.473 e. The molecule has 0 aliphatic heterocycles. The third kappa shape index (κ3) is 4.47. The Morgan fingerprint density at radius 2 is 2.19 bits per heavy atom. The number of methoxy groups -OCH3 is 1. The Labute approximate surface area is 102 Å². The van der Waals surface area contributed by atoms with E-state index in [9.17, 15) is 0 Å². The minimum absolute atomic E-state index is 0.737. The standard InChI is InChI=1S/C11H21N3OS/c1-4-14(5-2)7-6-12-8-10-9-13-11(15-3)16-10/h9,12H,4-8H2,1-3H3. The van der Waals surface area contributed by atoms with E-state index in [0.717, 1.165) is 37.9 Å². The molecule has 0 unspecified atom stereocenters. The summed E-state index contributed by atoms with van der Waals surface area (Å²) in [7, 11) is 1.65. The third-order valence-electron chi connectivity index (χ3n) is 2.51. The van der Waals surface area contributed by atoms with Crippen LogP contribution >= 0.6 is 11.3 Å². The van der Waals surface area contributed by atoms with E-state index in [-0.39, 0.29) is 0 Å². The van der Waals surface area contributed by atoms with Gasteiger partial charge in [0.25, 0.3) is 5.19 Å². The maximum atomic E-state index is 5.05. The molecule has 1 aromatic heterocycles. The summed E-state index contributed by atoms with van der Waals surface area (Å²) in [5, 5.41) is 4.15. The zero-order valence-electron chi connectivity index (χ0n) is 10.3. The van der Waals surface area contributed by atoms with Gasteiger partial charge < -0.3 is 15.0 Å². The summed E-state index contributed by atoms with van der Waals surface area (Å²) in [6.45, 7) is 9.61. The van der Waals surface area contributed by atoms with Crippen LogP contribution in [0.25, 0.3) is 0 Å². The van der Waals surface area contributed by atoms with E-state index in [1.165, 1.54) is 4.88 Å². The third-order valence-corrected chi connectivity index (χ3v) is 3.46. The fourth-order valence-corrected chi connectivity index (χ4v) is 2.15. The van der Waals surface area contributed by atoms with Gasteiger partial charge in [-0.05, 0) is 13.1 Å². The molecule has 0 atom stereocenters. The molecular weight excluding hydrogens is 222 g/mol. The Kier molecular flexibility index (Phi) is 6.37. The molecule has 0 spiro atoms. The first kappa shape index (κ1) is 13.4. The number of likely N-dealkylation sites (N-methyl/N-ethyl adjacent to an activating group) is 1. The van der Waals surface area contributed by atoms with E-state index in [1.54, 1.807) is 18.4 Å². The molecule has 92 valence electrons. The van der Waals surface area contributed by atoms with Crippen LogP contribution in [0.1, 0.15) is 18.7 Å². The van der Waals surface area contributed by atoms with Crippen LogP contribution in [0, 0.1) is 0 Å². The predicted molar refractivity (Wildman–Crippen MR) is 68.2 cm³/mol. The van der Waals surface area contributed by atoms with E-state index in [2.05, 4.69) is 29.0 Å².